The third kappa shape index (κ3) is 4.06. The number of hydrogen-bond donors (Lipinski definition) is 0. The molecule has 21 heavy (non-hydrogen) atoms. The van der Waals surface area contributed by atoms with E-state index in [1.807, 2.05) is 6.92 Å². The molecule has 1 unspecified atom stereocenters. The van der Waals surface area contributed by atoms with Gasteiger partial charge in [0, 0.05) is 23.7 Å². The minimum absolute atomic E-state index is 0.125. The second kappa shape index (κ2) is 5.71. The van der Waals surface area contributed by atoms with Gasteiger partial charge in [0.2, 0.25) is 0 Å². The standard InChI is InChI=1S/C17H24ClNO2/c1-12(15(20)13-6-8-14(18)9-7-13)19-10-16(2,3)21-17(4,5)11-19/h6-9,12H,10-11H2,1-5H3. The molecule has 0 aromatic heterocycles. The van der Waals surface area contributed by atoms with Crippen molar-refractivity contribution >= 4 is 17.4 Å². The average molecular weight is 310 g/mol. The minimum atomic E-state index is -0.254. The summed E-state index contributed by atoms with van der Waals surface area (Å²) < 4.78 is 6.07. The van der Waals surface area contributed by atoms with Crippen LogP contribution < -0.4 is 0 Å². The molecule has 1 saturated heterocycles. The molecule has 0 N–H and O–H groups in total. The van der Waals surface area contributed by atoms with Crippen molar-refractivity contribution in [3.8, 4) is 0 Å². The first kappa shape index (κ1) is 16.5. The molecule has 2 rings (SSSR count). The smallest absolute Gasteiger partial charge is 0.179 e. The summed E-state index contributed by atoms with van der Waals surface area (Å²) in [6, 6.07) is 6.92. The van der Waals surface area contributed by atoms with Gasteiger partial charge in [-0.15, -0.1) is 0 Å². The molecule has 4 heteroatoms. The molecule has 1 fully saturated rings. The van der Waals surface area contributed by atoms with Crippen LogP contribution in [0.5, 0.6) is 0 Å². The van der Waals surface area contributed by atoms with Crippen LogP contribution in [-0.4, -0.2) is 41.0 Å². The van der Waals surface area contributed by atoms with E-state index in [-0.39, 0.29) is 23.0 Å². The van der Waals surface area contributed by atoms with Gasteiger partial charge in [0.1, 0.15) is 0 Å². The number of halogens is 1. The van der Waals surface area contributed by atoms with Crippen LogP contribution >= 0.6 is 11.6 Å². The molecule has 0 radical (unpaired) electrons. The monoisotopic (exact) mass is 309 g/mol. The lowest BCUT2D eigenvalue weighted by Gasteiger charge is -2.48. The second-order valence-corrected chi connectivity index (χ2v) is 7.51. The summed E-state index contributed by atoms with van der Waals surface area (Å²) in [6.07, 6.45) is 0. The van der Waals surface area contributed by atoms with Gasteiger partial charge >= 0.3 is 0 Å². The van der Waals surface area contributed by atoms with Crippen molar-refractivity contribution in [2.75, 3.05) is 13.1 Å². The molecule has 116 valence electrons. The number of rotatable bonds is 3. The Morgan fingerprint density at radius 3 is 2.10 bits per heavy atom. The van der Waals surface area contributed by atoms with Gasteiger partial charge in [-0.2, -0.15) is 0 Å². The van der Waals surface area contributed by atoms with Gasteiger partial charge < -0.3 is 4.74 Å². The zero-order valence-corrected chi connectivity index (χ0v) is 14.2. The van der Waals surface area contributed by atoms with E-state index in [1.54, 1.807) is 24.3 Å². The van der Waals surface area contributed by atoms with Crippen molar-refractivity contribution in [2.24, 2.45) is 0 Å². The number of morpholine rings is 1. The van der Waals surface area contributed by atoms with Crippen molar-refractivity contribution in [1.82, 2.24) is 4.90 Å². The first-order chi connectivity index (χ1) is 9.60. The molecular weight excluding hydrogens is 286 g/mol. The van der Waals surface area contributed by atoms with Gasteiger partial charge in [-0.3, -0.25) is 9.69 Å². The lowest BCUT2D eigenvalue weighted by Crippen LogP contribution is -2.60. The molecule has 0 aliphatic carbocycles. The van der Waals surface area contributed by atoms with Crippen LogP contribution in [0.15, 0.2) is 24.3 Å². The van der Waals surface area contributed by atoms with Crippen LogP contribution in [0.2, 0.25) is 5.02 Å². The van der Waals surface area contributed by atoms with Crippen molar-refractivity contribution in [3.05, 3.63) is 34.9 Å². The maximum atomic E-state index is 12.7. The molecule has 0 amide bonds. The highest BCUT2D eigenvalue weighted by molar-refractivity contribution is 6.30. The zero-order chi connectivity index (χ0) is 15.8. The number of Topliss-reactive ketones (excluding diaryl/α,β-unsaturated/α-hetero) is 1. The first-order valence-corrected chi connectivity index (χ1v) is 7.71. The Morgan fingerprint density at radius 1 is 1.14 bits per heavy atom. The molecule has 3 nitrogen and oxygen atoms in total. The van der Waals surface area contributed by atoms with Crippen LogP contribution in [0.4, 0.5) is 0 Å². The summed E-state index contributed by atoms with van der Waals surface area (Å²) in [5, 5.41) is 0.646. The van der Waals surface area contributed by atoms with Gasteiger partial charge in [-0.1, -0.05) is 11.6 Å². The highest BCUT2D eigenvalue weighted by Crippen LogP contribution is 2.29. The maximum Gasteiger partial charge on any atom is 0.179 e. The van der Waals surface area contributed by atoms with E-state index in [2.05, 4.69) is 32.6 Å². The molecule has 1 aliphatic heterocycles. The van der Waals surface area contributed by atoms with Gasteiger partial charge in [0.05, 0.1) is 17.2 Å². The number of benzene rings is 1. The van der Waals surface area contributed by atoms with E-state index < -0.39 is 0 Å². The molecule has 1 atom stereocenters. The van der Waals surface area contributed by atoms with E-state index >= 15 is 0 Å². The number of carbonyl (C=O) groups is 1. The first-order valence-electron chi connectivity index (χ1n) is 7.34. The van der Waals surface area contributed by atoms with Crippen molar-refractivity contribution in [1.29, 1.82) is 0 Å². The summed E-state index contributed by atoms with van der Waals surface area (Å²) in [5.74, 6) is 0.125. The molecule has 1 aromatic rings. The molecule has 1 aliphatic rings. The van der Waals surface area contributed by atoms with Crippen molar-refractivity contribution in [3.63, 3.8) is 0 Å². The number of carbonyl (C=O) groups excluding carboxylic acids is 1. The highest BCUT2D eigenvalue weighted by atomic mass is 35.5. The molecule has 0 bridgehead atoms. The number of ketones is 1. The Bertz CT molecular complexity index is 506. The van der Waals surface area contributed by atoms with Crippen molar-refractivity contribution < 1.29 is 9.53 Å². The van der Waals surface area contributed by atoms with Gasteiger partial charge in [0.15, 0.2) is 5.78 Å². The van der Waals surface area contributed by atoms with E-state index in [0.29, 0.717) is 10.6 Å². The lowest BCUT2D eigenvalue weighted by atomic mass is 9.95. The number of nitrogens with zero attached hydrogens (tertiary/aromatic N) is 1. The summed E-state index contributed by atoms with van der Waals surface area (Å²) in [6.45, 7) is 11.7. The Kier molecular flexibility index (Phi) is 4.48. The summed E-state index contributed by atoms with van der Waals surface area (Å²) in [5.41, 5.74) is 0.195. The van der Waals surface area contributed by atoms with E-state index in [9.17, 15) is 4.79 Å². The van der Waals surface area contributed by atoms with Crippen LogP contribution in [0, 0.1) is 0 Å². The molecule has 1 aromatic carbocycles. The lowest BCUT2D eigenvalue weighted by molar-refractivity contribution is -0.183. The third-order valence-corrected chi connectivity index (χ3v) is 4.03. The Morgan fingerprint density at radius 2 is 1.62 bits per heavy atom. The van der Waals surface area contributed by atoms with Gasteiger partial charge in [0.25, 0.3) is 0 Å². The molecule has 0 spiro atoms. The molecule has 1 heterocycles. The highest BCUT2D eigenvalue weighted by Gasteiger charge is 2.41. The number of ether oxygens (including phenoxy) is 1. The fourth-order valence-electron chi connectivity index (χ4n) is 3.14. The van der Waals surface area contributed by atoms with E-state index in [0.717, 1.165) is 13.1 Å². The quantitative estimate of drug-likeness (QED) is 0.795. The zero-order valence-electron chi connectivity index (χ0n) is 13.4. The van der Waals surface area contributed by atoms with Gasteiger partial charge in [-0.25, -0.2) is 0 Å². The van der Waals surface area contributed by atoms with Crippen LogP contribution in [0.3, 0.4) is 0 Å². The SMILES string of the molecule is CC(C(=O)c1ccc(Cl)cc1)N1CC(C)(C)OC(C)(C)C1. The maximum absolute atomic E-state index is 12.7. The fourth-order valence-corrected chi connectivity index (χ4v) is 3.27. The number of hydrogen-bond acceptors (Lipinski definition) is 3. The Hall–Kier alpha value is -0.900. The topological polar surface area (TPSA) is 29.5 Å². The summed E-state index contributed by atoms with van der Waals surface area (Å²) in [7, 11) is 0. The van der Waals surface area contributed by atoms with Crippen LogP contribution in [-0.2, 0) is 4.74 Å². The average Bonchev–Trinajstić information content (AvgIpc) is 2.34. The normalized spacial score (nSPS) is 22.8. The Labute approximate surface area is 132 Å². The van der Waals surface area contributed by atoms with Crippen molar-refractivity contribution in [2.45, 2.75) is 51.9 Å². The molecular formula is C17H24ClNO2. The predicted octanol–water partition coefficient (Wildman–Crippen LogP) is 3.80. The largest absolute Gasteiger partial charge is 0.367 e. The summed E-state index contributed by atoms with van der Waals surface area (Å²) in [4.78, 5) is 14.9. The Balaban J connectivity index is 2.17. The fraction of sp³-hybridized carbons (Fsp3) is 0.588. The van der Waals surface area contributed by atoms with Gasteiger partial charge in [-0.05, 0) is 58.9 Å². The minimum Gasteiger partial charge on any atom is -0.367 e. The summed E-state index contributed by atoms with van der Waals surface area (Å²) >= 11 is 5.88. The third-order valence-electron chi connectivity index (χ3n) is 3.78. The molecule has 0 saturated carbocycles. The van der Waals surface area contributed by atoms with E-state index in [4.69, 9.17) is 16.3 Å². The van der Waals surface area contributed by atoms with Crippen LogP contribution in [0.1, 0.15) is 45.0 Å². The van der Waals surface area contributed by atoms with Crippen LogP contribution in [0.25, 0.3) is 0 Å². The second-order valence-electron chi connectivity index (χ2n) is 7.07. The van der Waals surface area contributed by atoms with E-state index in [1.165, 1.54) is 0 Å². The predicted molar refractivity (Wildman–Crippen MR) is 86.1 cm³/mol.